The van der Waals surface area contributed by atoms with E-state index in [9.17, 15) is 0 Å². The quantitative estimate of drug-likeness (QED) is 0.301. The van der Waals surface area contributed by atoms with Gasteiger partial charge in [0.15, 0.2) is 0 Å². The van der Waals surface area contributed by atoms with Crippen molar-refractivity contribution in [1.29, 1.82) is 0 Å². The first-order valence-electron chi connectivity index (χ1n) is 9.94. The summed E-state index contributed by atoms with van der Waals surface area (Å²) in [7, 11) is 12.4. The van der Waals surface area contributed by atoms with Gasteiger partial charge in [-0.2, -0.15) is 0 Å². The third-order valence-corrected chi connectivity index (χ3v) is 5.70. The first-order valence-corrected chi connectivity index (χ1v) is 11.9. The van der Waals surface area contributed by atoms with E-state index in [0.717, 1.165) is 4.48 Å². The Labute approximate surface area is 222 Å². The molecule has 0 saturated heterocycles. The summed E-state index contributed by atoms with van der Waals surface area (Å²) in [6, 6.07) is 17.5. The topological polar surface area (TPSA) is 9.49 Å². The molecule has 0 aromatic heterocycles. The minimum absolute atomic E-state index is 0. The van der Waals surface area contributed by atoms with Crippen LogP contribution in [0.3, 0.4) is 0 Å². The van der Waals surface area contributed by atoms with Gasteiger partial charge in [0, 0.05) is 64.2 Å². The molecule has 2 aromatic rings. The molecule has 32 heavy (non-hydrogen) atoms. The fraction of sp³-hybridized carbons (Fsp3) is 0.231. The van der Waals surface area contributed by atoms with E-state index in [0.29, 0.717) is 0 Å². The molecule has 0 unspecified atom stereocenters. The SMILES string of the molecule is CN(C)c1ccc(C(=C2C=CC(=[N+](C)C)C(Br)=C2)c2ccc(N(C)C)cc2)cc1.[CH2-]Br.[V]. The van der Waals surface area contributed by atoms with Gasteiger partial charge >= 0.3 is 0 Å². The molecule has 1 aliphatic rings. The third kappa shape index (κ3) is 6.98. The van der Waals surface area contributed by atoms with Crippen LogP contribution in [0.25, 0.3) is 5.57 Å². The minimum Gasteiger partial charge on any atom is -0.378 e. The van der Waals surface area contributed by atoms with Gasteiger partial charge in [0.25, 0.3) is 0 Å². The van der Waals surface area contributed by atoms with Gasteiger partial charge in [0.1, 0.15) is 14.1 Å². The zero-order valence-electron chi connectivity index (χ0n) is 19.6. The normalized spacial score (nSPS) is 12.2. The first kappa shape index (κ1) is 28.5. The second kappa shape index (κ2) is 13.2. The van der Waals surface area contributed by atoms with Crippen molar-refractivity contribution in [2.24, 2.45) is 0 Å². The van der Waals surface area contributed by atoms with E-state index in [1.807, 2.05) is 0 Å². The van der Waals surface area contributed by atoms with E-state index in [1.54, 1.807) is 0 Å². The molecular formula is C26H31Br2N3V. The maximum absolute atomic E-state index is 3.75. The molecule has 0 N–H and O–H groups in total. The molecule has 0 saturated carbocycles. The molecule has 0 heterocycles. The fourth-order valence-corrected chi connectivity index (χ4v) is 4.11. The van der Waals surface area contributed by atoms with Gasteiger partial charge in [-0.3, -0.25) is 5.83 Å². The van der Waals surface area contributed by atoms with Crippen molar-refractivity contribution in [1.82, 2.24) is 0 Å². The predicted octanol–water partition coefficient (Wildman–Crippen LogP) is 6.35. The maximum atomic E-state index is 3.75. The third-order valence-electron chi connectivity index (χ3n) is 5.06. The van der Waals surface area contributed by atoms with Crippen molar-refractivity contribution in [3.8, 4) is 0 Å². The Morgan fingerprint density at radius 3 is 1.47 bits per heavy atom. The molecule has 2 aromatic carbocycles. The molecule has 3 rings (SSSR count). The molecule has 3 nitrogen and oxygen atoms in total. The smallest absolute Gasteiger partial charge is 0.213 e. The van der Waals surface area contributed by atoms with Crippen LogP contribution in [0.15, 0.2) is 76.8 Å². The largest absolute Gasteiger partial charge is 0.378 e. The molecular weight excluding hydrogens is 565 g/mol. The number of anilines is 2. The van der Waals surface area contributed by atoms with Crippen molar-refractivity contribution in [2.45, 2.75) is 0 Å². The van der Waals surface area contributed by atoms with E-state index in [4.69, 9.17) is 0 Å². The van der Waals surface area contributed by atoms with Crippen molar-refractivity contribution < 1.29 is 23.1 Å². The average molecular weight is 596 g/mol. The summed E-state index contributed by atoms with van der Waals surface area (Å²) in [6.45, 7) is 0. The summed E-state index contributed by atoms with van der Waals surface area (Å²) in [5, 5.41) is 0. The van der Waals surface area contributed by atoms with E-state index in [1.165, 1.54) is 39.4 Å². The molecule has 6 heteroatoms. The number of benzene rings is 2. The fourth-order valence-electron chi connectivity index (χ4n) is 3.38. The Bertz CT molecular complexity index is 959. The van der Waals surface area contributed by atoms with E-state index in [2.05, 4.69) is 161 Å². The van der Waals surface area contributed by atoms with Crippen LogP contribution in [-0.2, 0) is 18.6 Å². The minimum atomic E-state index is 0. The van der Waals surface area contributed by atoms with Gasteiger partial charge < -0.3 is 25.7 Å². The number of nitrogens with zero attached hydrogens (tertiary/aromatic N) is 3. The van der Waals surface area contributed by atoms with Gasteiger partial charge in [-0.05, 0) is 74.6 Å². The predicted molar refractivity (Wildman–Crippen MR) is 145 cm³/mol. The summed E-state index contributed by atoms with van der Waals surface area (Å²) in [6.07, 6.45) is 6.58. The molecule has 0 bridgehead atoms. The van der Waals surface area contributed by atoms with E-state index < -0.39 is 0 Å². The molecule has 0 aliphatic heterocycles. The standard InChI is InChI=1S/C25H29BrN3.CH2Br.V/c1-27(2)21-12-7-18(8-13-21)25(19-9-14-22(15-10-19)28(3)4)20-11-16-24(29(5)6)23(26)17-20;1-2;/h7-17H,1-6H3;1H2;/q+1;-1;. The number of allylic oxidation sites excluding steroid dienone is 5. The van der Waals surface area contributed by atoms with Crippen molar-refractivity contribution in [2.75, 3.05) is 52.1 Å². The second-order valence-electron chi connectivity index (χ2n) is 7.82. The van der Waals surface area contributed by atoms with E-state index in [-0.39, 0.29) is 18.6 Å². The van der Waals surface area contributed by atoms with Crippen molar-refractivity contribution in [3.05, 3.63) is 93.8 Å². The number of halogens is 2. The molecule has 1 radical (unpaired) electrons. The molecule has 0 fully saturated rings. The van der Waals surface area contributed by atoms with Gasteiger partial charge in [-0.15, -0.1) is 0 Å². The van der Waals surface area contributed by atoms with Crippen LogP contribution in [0.1, 0.15) is 11.1 Å². The first-order chi connectivity index (χ1) is 14.8. The van der Waals surface area contributed by atoms with Crippen LogP contribution < -0.4 is 9.80 Å². The van der Waals surface area contributed by atoms with Crippen LogP contribution in [-0.4, -0.2) is 52.6 Å². The van der Waals surface area contributed by atoms with Crippen LogP contribution >= 0.6 is 31.9 Å². The Kier molecular flexibility index (Phi) is 11.8. The van der Waals surface area contributed by atoms with Crippen LogP contribution in [0.4, 0.5) is 11.4 Å². The molecule has 0 spiro atoms. The van der Waals surface area contributed by atoms with Crippen LogP contribution in [0.2, 0.25) is 0 Å². The second-order valence-corrected chi connectivity index (χ2v) is 8.67. The Morgan fingerprint density at radius 1 is 0.750 bits per heavy atom. The molecule has 169 valence electrons. The zero-order chi connectivity index (χ0) is 23.1. The van der Waals surface area contributed by atoms with Gasteiger partial charge in [0.2, 0.25) is 5.71 Å². The summed E-state index contributed by atoms with van der Waals surface area (Å²) >= 11 is 6.44. The Balaban J connectivity index is 0.00000166. The number of hydrogen-bond acceptors (Lipinski definition) is 2. The molecule has 0 amide bonds. The number of hydrogen-bond donors (Lipinski definition) is 0. The number of rotatable bonds is 4. The average Bonchev–Trinajstić information content (AvgIpc) is 2.76. The summed E-state index contributed by atoms with van der Waals surface area (Å²) in [4.78, 5) is 4.25. The van der Waals surface area contributed by atoms with Crippen molar-refractivity contribution in [3.63, 3.8) is 0 Å². The Morgan fingerprint density at radius 2 is 1.16 bits per heavy atom. The maximum Gasteiger partial charge on any atom is 0.213 e. The van der Waals surface area contributed by atoms with Gasteiger partial charge in [-0.1, -0.05) is 24.3 Å². The summed E-state index contributed by atoms with van der Waals surface area (Å²) in [5.74, 6) is 3.06. The van der Waals surface area contributed by atoms with Gasteiger partial charge in [-0.25, -0.2) is 4.58 Å². The molecule has 1 aliphatic carbocycles. The zero-order valence-corrected chi connectivity index (χ0v) is 24.2. The summed E-state index contributed by atoms with van der Waals surface area (Å²) in [5.41, 5.74) is 8.39. The monoisotopic (exact) mass is 594 g/mol. The molecule has 0 atom stereocenters. The summed E-state index contributed by atoms with van der Waals surface area (Å²) < 4.78 is 3.21. The van der Waals surface area contributed by atoms with Crippen LogP contribution in [0.5, 0.6) is 0 Å². The van der Waals surface area contributed by atoms with Gasteiger partial charge in [0.05, 0.1) is 4.48 Å². The Hall–Kier alpha value is -1.53. The van der Waals surface area contributed by atoms with Crippen LogP contribution in [0, 0.1) is 5.83 Å². The van der Waals surface area contributed by atoms with E-state index >= 15 is 0 Å². The van der Waals surface area contributed by atoms with Crippen molar-refractivity contribution >= 4 is 54.5 Å².